The van der Waals surface area contributed by atoms with Crippen LogP contribution in [0.4, 0.5) is 0 Å². The summed E-state index contributed by atoms with van der Waals surface area (Å²) in [5.41, 5.74) is 3.80. The lowest BCUT2D eigenvalue weighted by Crippen LogP contribution is -2.38. The van der Waals surface area contributed by atoms with Crippen molar-refractivity contribution in [2.24, 2.45) is 0 Å². The van der Waals surface area contributed by atoms with Gasteiger partial charge < -0.3 is 10.4 Å². The molecule has 24 heavy (non-hydrogen) atoms. The Hall–Kier alpha value is -2.73. The van der Waals surface area contributed by atoms with E-state index in [1.54, 1.807) is 18.2 Å². The molecule has 2 aromatic rings. The molecule has 2 aromatic carbocycles. The van der Waals surface area contributed by atoms with Crippen LogP contribution < -0.4 is 10.6 Å². The fourth-order valence-electron chi connectivity index (χ4n) is 2.05. The van der Waals surface area contributed by atoms with Gasteiger partial charge in [-0.15, -0.1) is 0 Å². The van der Waals surface area contributed by atoms with Gasteiger partial charge in [0, 0.05) is 12.1 Å². The van der Waals surface area contributed by atoms with Crippen LogP contribution in [0.15, 0.2) is 42.5 Å². The molecular formula is C18H18N2O3S. The number of carboxylic acid groups (broad SMARTS) is 1. The molecule has 124 valence electrons. The van der Waals surface area contributed by atoms with Gasteiger partial charge in [-0.2, -0.15) is 0 Å². The molecule has 0 heterocycles. The second kappa shape index (κ2) is 7.70. The molecule has 0 aliphatic carbocycles. The molecule has 0 saturated carbocycles. The van der Waals surface area contributed by atoms with Gasteiger partial charge in [0.05, 0.1) is 5.56 Å². The molecule has 0 spiro atoms. The van der Waals surface area contributed by atoms with Crippen LogP contribution in [-0.2, 0) is 6.54 Å². The minimum Gasteiger partial charge on any atom is -0.478 e. The maximum absolute atomic E-state index is 12.1. The summed E-state index contributed by atoms with van der Waals surface area (Å²) < 4.78 is 0. The minimum atomic E-state index is -0.967. The number of carbonyl (C=O) groups excluding carboxylic acids is 1. The Morgan fingerprint density at radius 3 is 2.21 bits per heavy atom. The zero-order valence-electron chi connectivity index (χ0n) is 13.4. The first-order valence-corrected chi connectivity index (χ1v) is 7.76. The first-order chi connectivity index (χ1) is 11.4. The summed E-state index contributed by atoms with van der Waals surface area (Å²) in [6, 6.07) is 11.9. The molecule has 6 heteroatoms. The van der Waals surface area contributed by atoms with Crippen LogP contribution in [0.3, 0.4) is 0 Å². The van der Waals surface area contributed by atoms with E-state index in [1.165, 1.54) is 12.1 Å². The molecule has 2 rings (SSSR count). The second-order valence-corrected chi connectivity index (χ2v) is 5.85. The van der Waals surface area contributed by atoms with Crippen molar-refractivity contribution < 1.29 is 14.7 Å². The maximum atomic E-state index is 12.1. The van der Waals surface area contributed by atoms with Crippen molar-refractivity contribution >= 4 is 29.2 Å². The van der Waals surface area contributed by atoms with Crippen molar-refractivity contribution in [2.45, 2.75) is 20.4 Å². The van der Waals surface area contributed by atoms with E-state index in [0.29, 0.717) is 12.1 Å². The summed E-state index contributed by atoms with van der Waals surface area (Å²) in [5.74, 6) is -1.23. The standard InChI is InChI=1S/C18H18N2O3S/c1-11-3-6-15(9-12(11)2)16(21)20-18(24)19-10-13-4-7-14(8-5-13)17(22)23/h3-9H,10H2,1-2H3,(H,22,23)(H2,19,20,21,24). The molecule has 0 aliphatic rings. The Labute approximate surface area is 145 Å². The Balaban J connectivity index is 1.89. The van der Waals surface area contributed by atoms with Crippen LogP contribution in [0.1, 0.15) is 37.4 Å². The SMILES string of the molecule is Cc1ccc(C(=O)NC(=S)NCc2ccc(C(=O)O)cc2)cc1C. The molecule has 0 aromatic heterocycles. The largest absolute Gasteiger partial charge is 0.478 e. The van der Waals surface area contributed by atoms with E-state index >= 15 is 0 Å². The topological polar surface area (TPSA) is 78.4 Å². The zero-order chi connectivity index (χ0) is 17.7. The van der Waals surface area contributed by atoms with Crippen molar-refractivity contribution in [1.29, 1.82) is 0 Å². The summed E-state index contributed by atoms with van der Waals surface area (Å²) in [6.07, 6.45) is 0. The highest BCUT2D eigenvalue weighted by molar-refractivity contribution is 7.80. The summed E-state index contributed by atoms with van der Waals surface area (Å²) in [7, 11) is 0. The third kappa shape index (κ3) is 4.63. The fraction of sp³-hybridized carbons (Fsp3) is 0.167. The average molecular weight is 342 g/mol. The van der Waals surface area contributed by atoms with Gasteiger partial charge in [-0.1, -0.05) is 18.2 Å². The molecular weight excluding hydrogens is 324 g/mol. The molecule has 0 radical (unpaired) electrons. The first-order valence-electron chi connectivity index (χ1n) is 7.35. The van der Waals surface area contributed by atoms with Crippen LogP contribution >= 0.6 is 12.2 Å². The third-order valence-corrected chi connectivity index (χ3v) is 3.90. The Kier molecular flexibility index (Phi) is 5.65. The maximum Gasteiger partial charge on any atom is 0.335 e. The fourth-order valence-corrected chi connectivity index (χ4v) is 2.21. The number of carbonyl (C=O) groups is 2. The molecule has 0 bridgehead atoms. The van der Waals surface area contributed by atoms with Crippen LogP contribution in [0.25, 0.3) is 0 Å². The number of hydrogen-bond donors (Lipinski definition) is 3. The summed E-state index contributed by atoms with van der Waals surface area (Å²) >= 11 is 5.12. The highest BCUT2D eigenvalue weighted by Gasteiger charge is 2.09. The second-order valence-electron chi connectivity index (χ2n) is 5.44. The van der Waals surface area contributed by atoms with Crippen molar-refractivity contribution in [2.75, 3.05) is 0 Å². The summed E-state index contributed by atoms with van der Waals surface area (Å²) in [6.45, 7) is 4.33. The molecule has 0 unspecified atom stereocenters. The summed E-state index contributed by atoms with van der Waals surface area (Å²) in [5, 5.41) is 14.6. The number of aryl methyl sites for hydroxylation is 2. The van der Waals surface area contributed by atoms with E-state index in [9.17, 15) is 9.59 Å². The van der Waals surface area contributed by atoms with Gasteiger partial charge in [0.15, 0.2) is 5.11 Å². The van der Waals surface area contributed by atoms with Gasteiger partial charge in [-0.3, -0.25) is 10.1 Å². The zero-order valence-corrected chi connectivity index (χ0v) is 14.2. The summed E-state index contributed by atoms with van der Waals surface area (Å²) in [4.78, 5) is 22.9. The number of aromatic carboxylic acids is 1. The molecule has 0 atom stereocenters. The Bertz CT molecular complexity index is 785. The predicted molar refractivity (Wildman–Crippen MR) is 96.2 cm³/mol. The highest BCUT2D eigenvalue weighted by atomic mass is 32.1. The average Bonchev–Trinajstić information content (AvgIpc) is 2.55. The van der Waals surface area contributed by atoms with E-state index in [-0.39, 0.29) is 16.6 Å². The number of carboxylic acids is 1. The molecule has 0 aliphatic heterocycles. The van der Waals surface area contributed by atoms with Crippen LogP contribution in [0, 0.1) is 13.8 Å². The first kappa shape index (κ1) is 17.6. The monoisotopic (exact) mass is 342 g/mol. The molecule has 0 saturated heterocycles. The molecule has 1 amide bonds. The van der Waals surface area contributed by atoms with E-state index in [4.69, 9.17) is 17.3 Å². The number of nitrogens with one attached hydrogen (secondary N) is 2. The number of hydrogen-bond acceptors (Lipinski definition) is 3. The normalized spacial score (nSPS) is 10.1. The van der Waals surface area contributed by atoms with Crippen molar-refractivity contribution in [3.8, 4) is 0 Å². The van der Waals surface area contributed by atoms with Gasteiger partial charge in [0.2, 0.25) is 0 Å². The molecule has 0 fully saturated rings. The van der Waals surface area contributed by atoms with E-state index < -0.39 is 5.97 Å². The van der Waals surface area contributed by atoms with Crippen molar-refractivity contribution in [3.63, 3.8) is 0 Å². The predicted octanol–water partition coefficient (Wildman–Crippen LogP) is 2.81. The number of amides is 1. The third-order valence-electron chi connectivity index (χ3n) is 3.65. The van der Waals surface area contributed by atoms with E-state index in [0.717, 1.165) is 16.7 Å². The number of rotatable bonds is 4. The number of thiocarbonyl (C=S) groups is 1. The van der Waals surface area contributed by atoms with Gasteiger partial charge in [-0.05, 0) is 67.0 Å². The van der Waals surface area contributed by atoms with Crippen molar-refractivity contribution in [1.82, 2.24) is 10.6 Å². The van der Waals surface area contributed by atoms with Crippen LogP contribution in [0.2, 0.25) is 0 Å². The van der Waals surface area contributed by atoms with Crippen LogP contribution in [-0.4, -0.2) is 22.1 Å². The van der Waals surface area contributed by atoms with Gasteiger partial charge >= 0.3 is 5.97 Å². The lowest BCUT2D eigenvalue weighted by atomic mass is 10.1. The molecule has 3 N–H and O–H groups in total. The van der Waals surface area contributed by atoms with Gasteiger partial charge in [0.1, 0.15) is 0 Å². The minimum absolute atomic E-state index is 0.223. The van der Waals surface area contributed by atoms with Crippen LogP contribution in [0.5, 0.6) is 0 Å². The van der Waals surface area contributed by atoms with Crippen molar-refractivity contribution in [3.05, 3.63) is 70.3 Å². The quantitative estimate of drug-likeness (QED) is 0.745. The smallest absolute Gasteiger partial charge is 0.335 e. The number of benzene rings is 2. The van der Waals surface area contributed by atoms with E-state index in [2.05, 4.69) is 10.6 Å². The Morgan fingerprint density at radius 1 is 1.00 bits per heavy atom. The van der Waals surface area contributed by atoms with Gasteiger partial charge in [0.25, 0.3) is 5.91 Å². The van der Waals surface area contributed by atoms with E-state index in [1.807, 2.05) is 26.0 Å². The highest BCUT2D eigenvalue weighted by Crippen LogP contribution is 2.09. The molecule has 5 nitrogen and oxygen atoms in total. The Morgan fingerprint density at radius 2 is 1.62 bits per heavy atom. The van der Waals surface area contributed by atoms with Gasteiger partial charge in [-0.25, -0.2) is 4.79 Å². The lowest BCUT2D eigenvalue weighted by molar-refractivity contribution is 0.0696. The lowest BCUT2D eigenvalue weighted by Gasteiger charge is -2.10.